The van der Waals surface area contributed by atoms with Crippen LogP contribution in [-0.4, -0.2) is 58.7 Å². The normalized spacial score (nSPS) is 21.0. The van der Waals surface area contributed by atoms with Crippen molar-refractivity contribution in [2.45, 2.75) is 45.6 Å². The molecule has 0 spiro atoms. The van der Waals surface area contributed by atoms with E-state index in [0.717, 1.165) is 32.2 Å². The second kappa shape index (κ2) is 9.74. The molecule has 1 unspecified atom stereocenters. The van der Waals surface area contributed by atoms with E-state index in [0.29, 0.717) is 32.2 Å². The Labute approximate surface area is 129 Å². The minimum Gasteiger partial charge on any atom is -0.379 e. The van der Waals surface area contributed by atoms with E-state index in [1.165, 1.54) is 0 Å². The highest BCUT2D eigenvalue weighted by Crippen LogP contribution is 2.17. The van der Waals surface area contributed by atoms with Gasteiger partial charge in [0.1, 0.15) is 0 Å². The van der Waals surface area contributed by atoms with Gasteiger partial charge in [-0.3, -0.25) is 0 Å². The second-order valence-electron chi connectivity index (χ2n) is 5.95. The van der Waals surface area contributed by atoms with Gasteiger partial charge in [0.25, 0.3) is 10.2 Å². The van der Waals surface area contributed by atoms with Crippen LogP contribution >= 0.6 is 0 Å². The van der Waals surface area contributed by atoms with Crippen molar-refractivity contribution in [3.8, 4) is 0 Å². The number of unbranched alkanes of at least 4 members (excludes halogenated alkanes) is 1. The molecule has 0 radical (unpaired) electrons. The van der Waals surface area contributed by atoms with Gasteiger partial charge in [-0.25, -0.2) is 4.72 Å². The standard InChI is InChI=1S/C14H31N3O3S/c1-13(2)20-10-5-4-8-16-21(18,19)17-9-6-7-14(12-17)11-15-3/h13-16H,4-12H2,1-3H3. The zero-order valence-electron chi connectivity index (χ0n) is 13.6. The van der Waals surface area contributed by atoms with E-state index in [1.54, 1.807) is 4.31 Å². The molecular formula is C14H31N3O3S. The first kappa shape index (κ1) is 18.8. The number of nitrogens with zero attached hydrogens (tertiary/aromatic N) is 1. The summed E-state index contributed by atoms with van der Waals surface area (Å²) in [6, 6.07) is 0. The van der Waals surface area contributed by atoms with Crippen molar-refractivity contribution in [1.82, 2.24) is 14.3 Å². The SMILES string of the molecule is CNCC1CCCN(S(=O)(=O)NCCCCOC(C)C)C1. The van der Waals surface area contributed by atoms with Crippen LogP contribution in [0.3, 0.4) is 0 Å². The van der Waals surface area contributed by atoms with E-state index in [1.807, 2.05) is 20.9 Å². The van der Waals surface area contributed by atoms with Crippen LogP contribution in [0, 0.1) is 5.92 Å². The lowest BCUT2D eigenvalue weighted by molar-refractivity contribution is 0.0762. The van der Waals surface area contributed by atoms with Gasteiger partial charge in [0.2, 0.25) is 0 Å². The number of piperidine rings is 1. The molecule has 1 aliphatic rings. The van der Waals surface area contributed by atoms with Gasteiger partial charge in [-0.15, -0.1) is 0 Å². The molecule has 1 heterocycles. The van der Waals surface area contributed by atoms with Crippen LogP contribution < -0.4 is 10.0 Å². The highest BCUT2D eigenvalue weighted by Gasteiger charge is 2.27. The van der Waals surface area contributed by atoms with Crippen molar-refractivity contribution in [2.24, 2.45) is 5.92 Å². The predicted molar refractivity (Wildman–Crippen MR) is 85.5 cm³/mol. The van der Waals surface area contributed by atoms with E-state index in [-0.39, 0.29) is 6.10 Å². The summed E-state index contributed by atoms with van der Waals surface area (Å²) in [4.78, 5) is 0. The summed E-state index contributed by atoms with van der Waals surface area (Å²) in [6.07, 6.45) is 3.96. The smallest absolute Gasteiger partial charge is 0.279 e. The molecule has 0 aromatic heterocycles. The van der Waals surface area contributed by atoms with E-state index < -0.39 is 10.2 Å². The molecule has 1 atom stereocenters. The molecule has 0 aromatic rings. The van der Waals surface area contributed by atoms with Crippen LogP contribution in [0.5, 0.6) is 0 Å². The largest absolute Gasteiger partial charge is 0.379 e. The lowest BCUT2D eigenvalue weighted by atomic mass is 10.00. The minimum atomic E-state index is -3.32. The summed E-state index contributed by atoms with van der Waals surface area (Å²) in [5.74, 6) is 0.416. The third-order valence-corrected chi connectivity index (χ3v) is 5.20. The summed E-state index contributed by atoms with van der Waals surface area (Å²) in [5.41, 5.74) is 0. The quantitative estimate of drug-likeness (QED) is 0.588. The summed E-state index contributed by atoms with van der Waals surface area (Å²) >= 11 is 0. The van der Waals surface area contributed by atoms with Crippen molar-refractivity contribution in [1.29, 1.82) is 0 Å². The third-order valence-electron chi connectivity index (χ3n) is 3.62. The molecule has 0 aromatic carbocycles. The Morgan fingerprint density at radius 2 is 2.10 bits per heavy atom. The van der Waals surface area contributed by atoms with Crippen molar-refractivity contribution in [3.05, 3.63) is 0 Å². The minimum absolute atomic E-state index is 0.235. The van der Waals surface area contributed by atoms with Crippen molar-refractivity contribution in [3.63, 3.8) is 0 Å². The predicted octanol–water partition coefficient (Wildman–Crippen LogP) is 0.957. The molecule has 7 heteroatoms. The average molecular weight is 321 g/mol. The van der Waals surface area contributed by atoms with Gasteiger partial charge in [0.15, 0.2) is 0 Å². The van der Waals surface area contributed by atoms with Crippen LogP contribution in [0.15, 0.2) is 0 Å². The number of nitrogens with one attached hydrogen (secondary N) is 2. The molecule has 1 rings (SSSR count). The fourth-order valence-electron chi connectivity index (χ4n) is 2.54. The Morgan fingerprint density at radius 3 is 2.76 bits per heavy atom. The summed E-state index contributed by atoms with van der Waals surface area (Å²) in [6.45, 7) is 7.29. The Balaban J connectivity index is 2.26. The first-order chi connectivity index (χ1) is 9.95. The number of ether oxygens (including phenoxy) is 1. The van der Waals surface area contributed by atoms with Crippen LogP contribution in [0.1, 0.15) is 39.5 Å². The van der Waals surface area contributed by atoms with Crippen LogP contribution in [-0.2, 0) is 14.9 Å². The zero-order chi connectivity index (χ0) is 15.7. The van der Waals surface area contributed by atoms with Crippen molar-refractivity contribution < 1.29 is 13.2 Å². The average Bonchev–Trinajstić information content (AvgIpc) is 2.43. The van der Waals surface area contributed by atoms with E-state index >= 15 is 0 Å². The van der Waals surface area contributed by atoms with Crippen LogP contribution in [0.4, 0.5) is 0 Å². The Morgan fingerprint density at radius 1 is 1.33 bits per heavy atom. The molecule has 126 valence electrons. The van der Waals surface area contributed by atoms with Crippen LogP contribution in [0.2, 0.25) is 0 Å². The summed E-state index contributed by atoms with van der Waals surface area (Å²) in [5, 5.41) is 3.13. The highest BCUT2D eigenvalue weighted by molar-refractivity contribution is 7.87. The van der Waals surface area contributed by atoms with Gasteiger partial charge in [-0.1, -0.05) is 0 Å². The first-order valence-corrected chi connectivity index (χ1v) is 9.40. The van der Waals surface area contributed by atoms with Gasteiger partial charge < -0.3 is 10.1 Å². The number of hydrogen-bond donors (Lipinski definition) is 2. The Kier molecular flexibility index (Phi) is 8.73. The topological polar surface area (TPSA) is 70.7 Å². The van der Waals surface area contributed by atoms with Crippen LogP contribution in [0.25, 0.3) is 0 Å². The number of hydrogen-bond acceptors (Lipinski definition) is 4. The maximum atomic E-state index is 12.2. The maximum absolute atomic E-state index is 12.2. The Bertz CT molecular complexity index is 372. The van der Waals surface area contributed by atoms with Gasteiger partial charge in [-0.2, -0.15) is 12.7 Å². The molecule has 1 aliphatic heterocycles. The monoisotopic (exact) mass is 321 g/mol. The molecule has 1 fully saturated rings. The van der Waals surface area contributed by atoms with Crippen molar-refractivity contribution in [2.75, 3.05) is 39.8 Å². The molecule has 0 aliphatic carbocycles. The highest BCUT2D eigenvalue weighted by atomic mass is 32.2. The molecule has 21 heavy (non-hydrogen) atoms. The molecule has 1 saturated heterocycles. The summed E-state index contributed by atoms with van der Waals surface area (Å²) in [7, 11) is -1.42. The van der Waals surface area contributed by atoms with Gasteiger partial charge in [0.05, 0.1) is 6.10 Å². The zero-order valence-corrected chi connectivity index (χ0v) is 14.4. The van der Waals surface area contributed by atoms with E-state index in [2.05, 4.69) is 10.0 Å². The van der Waals surface area contributed by atoms with E-state index in [9.17, 15) is 8.42 Å². The number of rotatable bonds is 10. The molecule has 0 saturated carbocycles. The maximum Gasteiger partial charge on any atom is 0.279 e. The molecule has 0 bridgehead atoms. The lowest BCUT2D eigenvalue weighted by Gasteiger charge is -2.31. The molecule has 2 N–H and O–H groups in total. The first-order valence-electron chi connectivity index (χ1n) is 7.96. The van der Waals surface area contributed by atoms with E-state index in [4.69, 9.17) is 4.74 Å². The van der Waals surface area contributed by atoms with Gasteiger partial charge in [0, 0.05) is 26.2 Å². The lowest BCUT2D eigenvalue weighted by Crippen LogP contribution is -2.47. The third kappa shape index (κ3) is 7.56. The van der Waals surface area contributed by atoms with Gasteiger partial charge >= 0.3 is 0 Å². The molecular weight excluding hydrogens is 290 g/mol. The fraction of sp³-hybridized carbons (Fsp3) is 1.00. The molecule has 0 amide bonds. The second-order valence-corrected chi connectivity index (χ2v) is 7.71. The fourth-order valence-corrected chi connectivity index (χ4v) is 3.90. The molecule has 6 nitrogen and oxygen atoms in total. The Hall–Kier alpha value is -0.210. The van der Waals surface area contributed by atoms with Gasteiger partial charge in [-0.05, 0) is 59.0 Å². The van der Waals surface area contributed by atoms with Crippen molar-refractivity contribution >= 4 is 10.2 Å². The summed E-state index contributed by atoms with van der Waals surface area (Å²) < 4.78 is 34.2.